The zero-order chi connectivity index (χ0) is 14.7. The summed E-state index contributed by atoms with van der Waals surface area (Å²) in [6, 6.07) is 9.79. The number of para-hydroxylation sites is 1. The minimum absolute atomic E-state index is 0.0196. The maximum Gasteiger partial charge on any atom is 0.257 e. The van der Waals surface area contributed by atoms with E-state index in [1.54, 1.807) is 6.07 Å². The second-order valence-corrected chi connectivity index (χ2v) is 4.56. The van der Waals surface area contributed by atoms with Crippen molar-refractivity contribution in [2.45, 2.75) is 13.8 Å². The van der Waals surface area contributed by atoms with Gasteiger partial charge in [0.2, 0.25) is 0 Å². The van der Waals surface area contributed by atoms with Crippen molar-refractivity contribution < 1.29 is 9.18 Å². The molecule has 4 N–H and O–H groups in total. The minimum Gasteiger partial charge on any atom is -0.322 e. The highest BCUT2D eigenvalue weighted by atomic mass is 19.1. The second-order valence-electron chi connectivity index (χ2n) is 4.56. The van der Waals surface area contributed by atoms with Gasteiger partial charge < -0.3 is 10.7 Å². The van der Waals surface area contributed by atoms with Crippen molar-refractivity contribution in [1.82, 2.24) is 0 Å². The number of anilines is 2. The molecule has 0 radical (unpaired) electrons. The van der Waals surface area contributed by atoms with Crippen molar-refractivity contribution in [3.63, 3.8) is 0 Å². The summed E-state index contributed by atoms with van der Waals surface area (Å²) in [5, 5.41) is 2.73. The number of hydrazine groups is 1. The molecule has 0 aliphatic rings. The van der Waals surface area contributed by atoms with Crippen LogP contribution in [-0.2, 0) is 0 Å². The number of carbonyl (C=O) groups is 1. The molecule has 0 aliphatic heterocycles. The lowest BCUT2D eigenvalue weighted by molar-refractivity contribution is 0.102. The van der Waals surface area contributed by atoms with E-state index in [0.717, 1.165) is 11.1 Å². The summed E-state index contributed by atoms with van der Waals surface area (Å²) >= 11 is 0. The topological polar surface area (TPSA) is 67.2 Å². The molecule has 4 nitrogen and oxygen atoms in total. The van der Waals surface area contributed by atoms with Gasteiger partial charge in [0.1, 0.15) is 5.82 Å². The lowest BCUT2D eigenvalue weighted by Gasteiger charge is -2.11. The fraction of sp³-hybridized carbons (Fsp3) is 0.133. The van der Waals surface area contributed by atoms with Crippen LogP contribution in [0.3, 0.4) is 0 Å². The molecule has 0 unspecified atom stereocenters. The maximum atomic E-state index is 13.5. The number of amides is 1. The fourth-order valence-corrected chi connectivity index (χ4v) is 1.88. The molecule has 2 aromatic carbocycles. The summed E-state index contributed by atoms with van der Waals surface area (Å²) in [6.07, 6.45) is 0. The highest BCUT2D eigenvalue weighted by molar-refractivity contribution is 6.08. The number of rotatable bonds is 3. The van der Waals surface area contributed by atoms with Gasteiger partial charge in [0.05, 0.1) is 11.3 Å². The monoisotopic (exact) mass is 273 g/mol. The second kappa shape index (κ2) is 5.71. The van der Waals surface area contributed by atoms with Crippen molar-refractivity contribution in [2.75, 3.05) is 10.7 Å². The molecular weight excluding hydrogens is 257 g/mol. The SMILES string of the molecule is Cc1ccc(NC(=O)c2cccc(F)c2NN)cc1C. The number of nitrogens with two attached hydrogens (primary N) is 1. The van der Waals surface area contributed by atoms with Crippen LogP contribution in [0.1, 0.15) is 21.5 Å². The van der Waals surface area contributed by atoms with Gasteiger partial charge in [-0.1, -0.05) is 12.1 Å². The van der Waals surface area contributed by atoms with Gasteiger partial charge in [-0.3, -0.25) is 10.6 Å². The molecule has 0 heterocycles. The van der Waals surface area contributed by atoms with Crippen molar-refractivity contribution in [3.8, 4) is 0 Å². The third-order valence-electron chi connectivity index (χ3n) is 3.17. The smallest absolute Gasteiger partial charge is 0.257 e. The van der Waals surface area contributed by atoms with Gasteiger partial charge in [-0.05, 0) is 49.2 Å². The standard InChI is InChI=1S/C15H16FN3O/c1-9-6-7-11(8-10(9)2)18-15(20)12-4-3-5-13(16)14(12)19-17/h3-8,19H,17H2,1-2H3,(H,18,20). The molecular formula is C15H16FN3O. The van der Waals surface area contributed by atoms with Crippen LogP contribution < -0.4 is 16.6 Å². The van der Waals surface area contributed by atoms with E-state index in [2.05, 4.69) is 10.7 Å². The van der Waals surface area contributed by atoms with Crippen LogP contribution in [0.15, 0.2) is 36.4 Å². The van der Waals surface area contributed by atoms with Crippen LogP contribution in [0.2, 0.25) is 0 Å². The quantitative estimate of drug-likeness (QED) is 0.595. The molecule has 0 spiro atoms. The number of nitrogen functional groups attached to an aromatic ring is 1. The Morgan fingerprint density at radius 3 is 2.55 bits per heavy atom. The van der Waals surface area contributed by atoms with Crippen LogP contribution in [0, 0.1) is 19.7 Å². The van der Waals surface area contributed by atoms with Gasteiger partial charge in [-0.25, -0.2) is 4.39 Å². The fourth-order valence-electron chi connectivity index (χ4n) is 1.88. The van der Waals surface area contributed by atoms with Crippen LogP contribution in [0.4, 0.5) is 15.8 Å². The molecule has 104 valence electrons. The van der Waals surface area contributed by atoms with Crippen molar-refractivity contribution in [2.24, 2.45) is 5.84 Å². The Labute approximate surface area is 116 Å². The van der Waals surface area contributed by atoms with E-state index >= 15 is 0 Å². The van der Waals surface area contributed by atoms with E-state index in [4.69, 9.17) is 5.84 Å². The molecule has 0 aromatic heterocycles. The number of halogens is 1. The number of hydrogen-bond donors (Lipinski definition) is 3. The third kappa shape index (κ3) is 2.78. The van der Waals surface area contributed by atoms with Crippen LogP contribution in [-0.4, -0.2) is 5.91 Å². The molecule has 2 rings (SSSR count). The van der Waals surface area contributed by atoms with E-state index in [0.29, 0.717) is 5.69 Å². The molecule has 0 fully saturated rings. The van der Waals surface area contributed by atoms with Gasteiger partial charge in [0.15, 0.2) is 0 Å². The Morgan fingerprint density at radius 1 is 1.15 bits per heavy atom. The normalized spacial score (nSPS) is 10.2. The average Bonchev–Trinajstić information content (AvgIpc) is 2.42. The summed E-state index contributed by atoms with van der Waals surface area (Å²) < 4.78 is 13.5. The van der Waals surface area contributed by atoms with Crippen LogP contribution >= 0.6 is 0 Å². The molecule has 5 heteroatoms. The Kier molecular flexibility index (Phi) is 4.00. The van der Waals surface area contributed by atoms with Crippen LogP contribution in [0.5, 0.6) is 0 Å². The Balaban J connectivity index is 2.28. The first-order valence-electron chi connectivity index (χ1n) is 6.16. The molecule has 0 saturated heterocycles. The first kappa shape index (κ1) is 14.0. The molecule has 0 bridgehead atoms. The lowest BCUT2D eigenvalue weighted by atomic mass is 10.1. The summed E-state index contributed by atoms with van der Waals surface area (Å²) in [6.45, 7) is 3.95. The zero-order valence-corrected chi connectivity index (χ0v) is 11.3. The minimum atomic E-state index is -0.569. The summed E-state index contributed by atoms with van der Waals surface area (Å²) in [4.78, 5) is 12.2. The van der Waals surface area contributed by atoms with E-state index in [-0.39, 0.29) is 11.3 Å². The first-order valence-corrected chi connectivity index (χ1v) is 6.16. The molecule has 20 heavy (non-hydrogen) atoms. The summed E-state index contributed by atoms with van der Waals surface area (Å²) in [5.74, 6) is 4.27. The number of aryl methyl sites for hydroxylation is 2. The predicted molar refractivity (Wildman–Crippen MR) is 78.1 cm³/mol. The molecule has 2 aromatic rings. The summed E-state index contributed by atoms with van der Waals surface area (Å²) in [5.41, 5.74) is 5.22. The molecule has 0 saturated carbocycles. The highest BCUT2D eigenvalue weighted by Gasteiger charge is 2.14. The Morgan fingerprint density at radius 2 is 1.90 bits per heavy atom. The van der Waals surface area contributed by atoms with Crippen LogP contribution in [0.25, 0.3) is 0 Å². The highest BCUT2D eigenvalue weighted by Crippen LogP contribution is 2.21. The van der Waals surface area contributed by atoms with Gasteiger partial charge in [-0.15, -0.1) is 0 Å². The first-order chi connectivity index (χ1) is 9.52. The number of nitrogens with one attached hydrogen (secondary N) is 2. The van der Waals surface area contributed by atoms with E-state index < -0.39 is 11.7 Å². The average molecular weight is 273 g/mol. The molecule has 0 atom stereocenters. The van der Waals surface area contributed by atoms with Crippen molar-refractivity contribution in [1.29, 1.82) is 0 Å². The van der Waals surface area contributed by atoms with E-state index in [1.807, 2.05) is 26.0 Å². The van der Waals surface area contributed by atoms with E-state index in [1.165, 1.54) is 18.2 Å². The third-order valence-corrected chi connectivity index (χ3v) is 3.17. The van der Waals surface area contributed by atoms with Crippen molar-refractivity contribution in [3.05, 3.63) is 58.9 Å². The number of hydrogen-bond acceptors (Lipinski definition) is 3. The molecule has 1 amide bonds. The van der Waals surface area contributed by atoms with Gasteiger partial charge >= 0.3 is 0 Å². The Hall–Kier alpha value is -2.40. The van der Waals surface area contributed by atoms with E-state index in [9.17, 15) is 9.18 Å². The molecule has 0 aliphatic carbocycles. The predicted octanol–water partition coefficient (Wildman–Crippen LogP) is 2.98. The van der Waals surface area contributed by atoms with Gasteiger partial charge in [-0.2, -0.15) is 0 Å². The number of carbonyl (C=O) groups excluding carboxylic acids is 1. The number of benzene rings is 2. The maximum absolute atomic E-state index is 13.5. The lowest BCUT2D eigenvalue weighted by Crippen LogP contribution is -2.18. The van der Waals surface area contributed by atoms with Crippen molar-refractivity contribution >= 4 is 17.3 Å². The van der Waals surface area contributed by atoms with Gasteiger partial charge in [0.25, 0.3) is 5.91 Å². The largest absolute Gasteiger partial charge is 0.322 e. The summed E-state index contributed by atoms with van der Waals surface area (Å²) in [7, 11) is 0. The van der Waals surface area contributed by atoms with Gasteiger partial charge in [0, 0.05) is 5.69 Å². The zero-order valence-electron chi connectivity index (χ0n) is 11.3. The Bertz CT molecular complexity index is 656.